The van der Waals surface area contributed by atoms with Gasteiger partial charge in [-0.05, 0) is 50.3 Å². The second kappa shape index (κ2) is 9.10. The number of nitrogens with one attached hydrogen (secondary N) is 2. The van der Waals surface area contributed by atoms with Crippen LogP contribution >= 0.6 is 0 Å². The number of ether oxygens (including phenoxy) is 1. The largest absolute Gasteiger partial charge is 0.379 e. The second-order valence-corrected chi connectivity index (χ2v) is 7.90. The molecule has 4 rings (SSSR count). The smallest absolute Gasteiger partial charge is 0.241 e. The first-order valence-corrected chi connectivity index (χ1v) is 10.3. The van der Waals surface area contributed by atoms with Crippen LogP contribution in [-0.2, 0) is 9.53 Å². The molecule has 3 aliphatic rings. The maximum Gasteiger partial charge on any atom is 0.241 e. The molecule has 0 saturated carbocycles. The highest BCUT2D eigenvalue weighted by atomic mass is 16.5. The molecule has 0 radical (unpaired) electrons. The predicted molar refractivity (Wildman–Crippen MR) is 103 cm³/mol. The van der Waals surface area contributed by atoms with Gasteiger partial charge in [0.2, 0.25) is 5.91 Å². The Morgan fingerprint density at radius 3 is 2.70 bits per heavy atom. The van der Waals surface area contributed by atoms with Crippen molar-refractivity contribution < 1.29 is 9.53 Å². The zero-order chi connectivity index (χ0) is 18.5. The van der Waals surface area contributed by atoms with E-state index in [4.69, 9.17) is 4.74 Å². The third-order valence-corrected chi connectivity index (χ3v) is 6.13. The monoisotopic (exact) mass is 373 g/mol. The highest BCUT2D eigenvalue weighted by molar-refractivity contribution is 5.82. The van der Waals surface area contributed by atoms with Crippen LogP contribution in [0.15, 0.2) is 24.4 Å². The van der Waals surface area contributed by atoms with Gasteiger partial charge in [-0.2, -0.15) is 0 Å². The molecule has 0 spiro atoms. The zero-order valence-corrected chi connectivity index (χ0v) is 16.0. The lowest BCUT2D eigenvalue weighted by molar-refractivity contribution is -0.134. The van der Waals surface area contributed by atoms with E-state index in [0.717, 1.165) is 70.3 Å². The lowest BCUT2D eigenvalue weighted by atomic mass is 9.92. The van der Waals surface area contributed by atoms with Crippen LogP contribution < -0.4 is 10.9 Å². The quantitative estimate of drug-likeness (QED) is 0.801. The van der Waals surface area contributed by atoms with Crippen LogP contribution in [0.1, 0.15) is 37.4 Å². The van der Waals surface area contributed by atoms with E-state index in [2.05, 4.69) is 20.7 Å². The summed E-state index contributed by atoms with van der Waals surface area (Å²) in [6, 6.07) is 5.86. The summed E-state index contributed by atoms with van der Waals surface area (Å²) < 4.78 is 5.42. The van der Waals surface area contributed by atoms with E-state index in [1.165, 1.54) is 13.0 Å². The number of amides is 1. The van der Waals surface area contributed by atoms with E-state index >= 15 is 0 Å². The van der Waals surface area contributed by atoms with Crippen LogP contribution in [0.25, 0.3) is 0 Å². The molecule has 0 bridgehead atoms. The summed E-state index contributed by atoms with van der Waals surface area (Å²) in [5.74, 6) is 0.973. The van der Waals surface area contributed by atoms with Crippen molar-refractivity contribution in [2.45, 2.75) is 37.8 Å². The first kappa shape index (κ1) is 18.8. The molecule has 1 amide bonds. The molecular weight excluding hydrogens is 342 g/mol. The van der Waals surface area contributed by atoms with Crippen LogP contribution in [0.5, 0.6) is 0 Å². The minimum atomic E-state index is -0.151. The fourth-order valence-corrected chi connectivity index (χ4v) is 4.35. The standard InChI is InChI=1S/C20H31N5O2/c26-20(19-15-18(22-23-19)17-3-1-2-7-21-17)25-9-5-16(6-10-25)4-8-24-11-13-27-14-12-24/h1-3,7,16,18-19,22-23H,4-6,8-15H2. The summed E-state index contributed by atoms with van der Waals surface area (Å²) >= 11 is 0. The fourth-order valence-electron chi connectivity index (χ4n) is 4.35. The van der Waals surface area contributed by atoms with Crippen LogP contribution in [0.2, 0.25) is 0 Å². The topological polar surface area (TPSA) is 69.7 Å². The van der Waals surface area contributed by atoms with Gasteiger partial charge < -0.3 is 9.64 Å². The first-order chi connectivity index (χ1) is 13.3. The molecule has 0 aliphatic carbocycles. The summed E-state index contributed by atoms with van der Waals surface area (Å²) in [5, 5.41) is 0. The minimum Gasteiger partial charge on any atom is -0.379 e. The van der Waals surface area contributed by atoms with Crippen molar-refractivity contribution >= 4 is 5.91 Å². The number of hydrogen-bond acceptors (Lipinski definition) is 6. The van der Waals surface area contributed by atoms with Crippen LogP contribution in [-0.4, -0.2) is 72.7 Å². The number of morpholine rings is 1. The van der Waals surface area contributed by atoms with Crippen molar-refractivity contribution in [3.8, 4) is 0 Å². The van der Waals surface area contributed by atoms with Crippen molar-refractivity contribution in [2.24, 2.45) is 5.92 Å². The van der Waals surface area contributed by atoms with Crippen molar-refractivity contribution in [3.63, 3.8) is 0 Å². The van der Waals surface area contributed by atoms with Crippen LogP contribution in [0.4, 0.5) is 0 Å². The summed E-state index contributed by atoms with van der Waals surface area (Å²) in [6.45, 7) is 6.81. The molecule has 4 heterocycles. The van der Waals surface area contributed by atoms with Gasteiger partial charge in [-0.15, -0.1) is 0 Å². The number of carbonyl (C=O) groups is 1. The Morgan fingerprint density at radius 2 is 1.96 bits per heavy atom. The fraction of sp³-hybridized carbons (Fsp3) is 0.700. The van der Waals surface area contributed by atoms with E-state index in [-0.39, 0.29) is 18.0 Å². The summed E-state index contributed by atoms with van der Waals surface area (Å²) in [4.78, 5) is 21.8. The SMILES string of the molecule is O=C(C1CC(c2ccccn2)NN1)N1CCC(CCN2CCOCC2)CC1. The van der Waals surface area contributed by atoms with Gasteiger partial charge in [-0.3, -0.25) is 14.7 Å². The van der Waals surface area contributed by atoms with Gasteiger partial charge in [0, 0.05) is 32.4 Å². The number of nitrogens with zero attached hydrogens (tertiary/aromatic N) is 3. The predicted octanol–water partition coefficient (Wildman–Crippen LogP) is 0.950. The Bertz CT molecular complexity index is 600. The van der Waals surface area contributed by atoms with E-state index in [1.54, 1.807) is 6.20 Å². The number of likely N-dealkylation sites (tertiary alicyclic amines) is 1. The molecule has 1 aromatic rings. The van der Waals surface area contributed by atoms with Crippen LogP contribution in [0.3, 0.4) is 0 Å². The lowest BCUT2D eigenvalue weighted by Crippen LogP contribution is -2.48. The summed E-state index contributed by atoms with van der Waals surface area (Å²) in [6.07, 6.45) is 6.05. The minimum absolute atomic E-state index is 0.103. The third-order valence-electron chi connectivity index (χ3n) is 6.13. The van der Waals surface area contributed by atoms with Gasteiger partial charge in [0.05, 0.1) is 24.9 Å². The summed E-state index contributed by atoms with van der Waals surface area (Å²) in [7, 11) is 0. The molecule has 1 aromatic heterocycles. The maximum absolute atomic E-state index is 12.9. The molecular formula is C20H31N5O2. The molecule has 3 aliphatic heterocycles. The van der Waals surface area contributed by atoms with Crippen molar-refractivity contribution in [2.75, 3.05) is 45.9 Å². The maximum atomic E-state index is 12.9. The van der Waals surface area contributed by atoms with Gasteiger partial charge in [0.1, 0.15) is 6.04 Å². The Balaban J connectivity index is 1.20. The molecule has 2 N–H and O–H groups in total. The van der Waals surface area contributed by atoms with E-state index < -0.39 is 0 Å². The third kappa shape index (κ3) is 4.85. The van der Waals surface area contributed by atoms with Gasteiger partial charge in [-0.1, -0.05) is 6.07 Å². The molecule has 7 heteroatoms. The van der Waals surface area contributed by atoms with E-state index in [1.807, 2.05) is 23.1 Å². The number of piperidine rings is 1. The van der Waals surface area contributed by atoms with Gasteiger partial charge in [0.25, 0.3) is 0 Å². The number of rotatable bonds is 5. The number of pyridine rings is 1. The molecule has 3 saturated heterocycles. The first-order valence-electron chi connectivity index (χ1n) is 10.3. The second-order valence-electron chi connectivity index (χ2n) is 7.90. The molecule has 2 unspecified atom stereocenters. The number of hydrogen-bond donors (Lipinski definition) is 2. The highest BCUT2D eigenvalue weighted by Gasteiger charge is 2.34. The number of carbonyl (C=O) groups excluding carboxylic acids is 1. The highest BCUT2D eigenvalue weighted by Crippen LogP contribution is 2.25. The molecule has 0 aromatic carbocycles. The molecule has 2 atom stereocenters. The Kier molecular flexibility index (Phi) is 6.34. The Labute approximate surface area is 161 Å². The van der Waals surface area contributed by atoms with Crippen molar-refractivity contribution in [1.82, 2.24) is 25.6 Å². The van der Waals surface area contributed by atoms with Gasteiger partial charge in [0.15, 0.2) is 0 Å². The van der Waals surface area contributed by atoms with Gasteiger partial charge in [-0.25, -0.2) is 10.9 Å². The Hall–Kier alpha value is -1.54. The van der Waals surface area contributed by atoms with E-state index in [9.17, 15) is 4.79 Å². The average Bonchev–Trinajstić information content (AvgIpc) is 3.24. The van der Waals surface area contributed by atoms with Gasteiger partial charge >= 0.3 is 0 Å². The van der Waals surface area contributed by atoms with E-state index in [0.29, 0.717) is 0 Å². The zero-order valence-electron chi connectivity index (χ0n) is 16.0. The van der Waals surface area contributed by atoms with Crippen molar-refractivity contribution in [3.05, 3.63) is 30.1 Å². The Morgan fingerprint density at radius 1 is 1.15 bits per heavy atom. The van der Waals surface area contributed by atoms with Crippen molar-refractivity contribution in [1.29, 1.82) is 0 Å². The molecule has 3 fully saturated rings. The molecule has 7 nitrogen and oxygen atoms in total. The molecule has 27 heavy (non-hydrogen) atoms. The number of hydrazine groups is 1. The summed E-state index contributed by atoms with van der Waals surface area (Å²) in [5.41, 5.74) is 7.40. The average molecular weight is 374 g/mol. The molecule has 148 valence electrons. The lowest BCUT2D eigenvalue weighted by Gasteiger charge is -2.35. The number of aromatic nitrogens is 1. The normalized spacial score (nSPS) is 27.8. The van der Waals surface area contributed by atoms with Crippen LogP contribution in [0, 0.1) is 5.92 Å².